The summed E-state index contributed by atoms with van der Waals surface area (Å²) in [6, 6.07) is 42.2. The summed E-state index contributed by atoms with van der Waals surface area (Å²) in [5.41, 5.74) is 19.3. The molecule has 0 spiro atoms. The van der Waals surface area contributed by atoms with Crippen LogP contribution in [0.4, 0.5) is 0 Å². The van der Waals surface area contributed by atoms with E-state index in [-0.39, 0.29) is 22.0 Å². The van der Waals surface area contributed by atoms with Gasteiger partial charge in [-0.25, -0.2) is 4.98 Å². The van der Waals surface area contributed by atoms with E-state index in [2.05, 4.69) is 217 Å². The fourth-order valence-corrected chi connectivity index (χ4v) is 10.0. The molecule has 0 amide bonds. The number of aryl methyl sites for hydroxylation is 5. The Labute approximate surface area is 386 Å². The minimum absolute atomic E-state index is 0.0722. The van der Waals surface area contributed by atoms with Crippen LogP contribution in [0.3, 0.4) is 0 Å². The first kappa shape index (κ1) is 43.7. The number of rotatable bonds is 5. The van der Waals surface area contributed by atoms with Gasteiger partial charge in [0.15, 0.2) is 0 Å². The molecule has 2 heterocycles. The summed E-state index contributed by atoms with van der Waals surface area (Å²) in [5, 5.41) is 17.2. The first-order valence-corrected chi connectivity index (χ1v) is 23.1. The monoisotopic (exact) mass is 853 g/mol. The molecule has 0 saturated heterocycles. The molecule has 4 heteroatoms. The molecular weight excluding hydrogens is 791 g/mol. The zero-order valence-electron chi connectivity index (χ0n) is 40.8. The predicted octanol–water partition coefficient (Wildman–Crippen LogP) is 16.5. The Balaban J connectivity index is 1.42. The Morgan fingerprint density at radius 3 is 1.83 bits per heavy atom. The van der Waals surface area contributed by atoms with Crippen LogP contribution in [-0.4, -0.2) is 19.6 Å². The van der Waals surface area contributed by atoms with Crippen molar-refractivity contribution in [1.29, 1.82) is 0 Å². The van der Waals surface area contributed by atoms with Crippen molar-refractivity contribution in [3.63, 3.8) is 0 Å². The number of fused-ring (bicyclic) bond motifs is 5. The second kappa shape index (κ2) is 15.6. The highest BCUT2D eigenvalue weighted by atomic mass is 16.3. The van der Waals surface area contributed by atoms with Crippen LogP contribution in [0.2, 0.25) is 0 Å². The van der Waals surface area contributed by atoms with Gasteiger partial charge in [-0.15, -0.1) is 0 Å². The lowest BCUT2D eigenvalue weighted by molar-refractivity contribution is 0.446. The van der Waals surface area contributed by atoms with Gasteiger partial charge in [-0.1, -0.05) is 141 Å². The number of phenols is 1. The van der Waals surface area contributed by atoms with Crippen LogP contribution in [0.1, 0.15) is 107 Å². The molecule has 0 saturated carbocycles. The lowest BCUT2D eigenvalue weighted by Crippen LogP contribution is -2.17. The zero-order valence-corrected chi connectivity index (χ0v) is 40.8. The quantitative estimate of drug-likeness (QED) is 0.176. The van der Waals surface area contributed by atoms with Gasteiger partial charge in [-0.05, 0) is 160 Å². The average molecular weight is 854 g/mol. The number of aromatic hydroxyl groups is 1. The molecule has 1 N–H and O–H groups in total. The third-order valence-electron chi connectivity index (χ3n) is 13.7. The lowest BCUT2D eigenvalue weighted by atomic mass is 9.79. The Kier molecular flexibility index (Phi) is 10.5. The van der Waals surface area contributed by atoms with Crippen molar-refractivity contribution in [2.24, 2.45) is 0 Å². The molecule has 0 aliphatic heterocycles. The van der Waals surface area contributed by atoms with E-state index in [0.717, 1.165) is 72.0 Å². The second-order valence-corrected chi connectivity index (χ2v) is 21.6. The van der Waals surface area contributed by atoms with Gasteiger partial charge in [-0.2, -0.15) is 0 Å². The van der Waals surface area contributed by atoms with Gasteiger partial charge >= 0.3 is 0 Å². The van der Waals surface area contributed by atoms with Crippen LogP contribution >= 0.6 is 0 Å². The van der Waals surface area contributed by atoms with E-state index < -0.39 is 0 Å². The molecule has 7 aromatic carbocycles. The molecule has 328 valence electrons. The summed E-state index contributed by atoms with van der Waals surface area (Å²) in [4.78, 5) is 10.8. The molecule has 0 bridgehead atoms. The summed E-state index contributed by atoms with van der Waals surface area (Å²) < 4.78 is 2.32. The number of pyridine rings is 1. The Bertz CT molecular complexity index is 3340. The third kappa shape index (κ3) is 7.61. The van der Waals surface area contributed by atoms with Crippen molar-refractivity contribution in [3.8, 4) is 56.3 Å². The van der Waals surface area contributed by atoms with Crippen LogP contribution in [0.5, 0.6) is 5.75 Å². The molecule has 0 atom stereocenters. The van der Waals surface area contributed by atoms with Gasteiger partial charge in [0.2, 0.25) is 0 Å². The highest BCUT2D eigenvalue weighted by Crippen LogP contribution is 2.47. The van der Waals surface area contributed by atoms with Crippen LogP contribution in [0, 0.1) is 34.6 Å². The van der Waals surface area contributed by atoms with Crippen molar-refractivity contribution in [2.45, 2.75) is 113 Å². The molecule has 9 rings (SSSR count). The summed E-state index contributed by atoms with van der Waals surface area (Å²) in [7, 11) is 0. The van der Waals surface area contributed by atoms with Gasteiger partial charge in [0.05, 0.1) is 28.0 Å². The number of hydrogen-bond acceptors (Lipinski definition) is 3. The van der Waals surface area contributed by atoms with E-state index in [1.165, 1.54) is 49.9 Å². The number of benzene rings is 7. The first-order valence-electron chi connectivity index (χ1n) is 23.1. The maximum absolute atomic E-state index is 12.6. The second-order valence-electron chi connectivity index (χ2n) is 21.6. The molecule has 0 unspecified atom stereocenters. The molecule has 65 heavy (non-hydrogen) atoms. The van der Waals surface area contributed by atoms with E-state index in [1.807, 2.05) is 6.20 Å². The Morgan fingerprint density at radius 2 is 1.17 bits per heavy atom. The minimum Gasteiger partial charge on any atom is -0.507 e. The normalized spacial score (nSPS) is 12.5. The van der Waals surface area contributed by atoms with E-state index in [9.17, 15) is 5.11 Å². The summed E-state index contributed by atoms with van der Waals surface area (Å²) in [6.07, 6.45) is 1.94. The zero-order chi connectivity index (χ0) is 46.5. The molecular formula is C61H63N3O. The maximum atomic E-state index is 12.6. The number of imidazole rings is 1. The first-order chi connectivity index (χ1) is 30.6. The Hall–Kier alpha value is -6.52. The van der Waals surface area contributed by atoms with E-state index in [4.69, 9.17) is 9.97 Å². The fourth-order valence-electron chi connectivity index (χ4n) is 10.0. The molecule has 0 radical (unpaired) electrons. The topological polar surface area (TPSA) is 50.9 Å². The van der Waals surface area contributed by atoms with Crippen LogP contribution in [0.25, 0.3) is 83.2 Å². The number of phenolic OH excluding ortho intramolecular Hbond substituents is 1. The highest BCUT2D eigenvalue weighted by Gasteiger charge is 2.30. The average Bonchev–Trinajstić information content (AvgIpc) is 3.63. The van der Waals surface area contributed by atoms with Crippen molar-refractivity contribution in [2.75, 3.05) is 0 Å². The number of aromatic nitrogens is 3. The summed E-state index contributed by atoms with van der Waals surface area (Å²) in [5.74, 6) is 0.978. The molecule has 0 aliphatic carbocycles. The minimum atomic E-state index is -0.323. The van der Waals surface area contributed by atoms with Crippen LogP contribution in [-0.2, 0) is 16.2 Å². The van der Waals surface area contributed by atoms with Crippen LogP contribution in [0.15, 0.2) is 121 Å². The van der Waals surface area contributed by atoms with E-state index in [0.29, 0.717) is 5.82 Å². The molecule has 4 nitrogen and oxygen atoms in total. The van der Waals surface area contributed by atoms with Gasteiger partial charge in [-0.3, -0.25) is 9.55 Å². The van der Waals surface area contributed by atoms with Crippen molar-refractivity contribution >= 4 is 32.6 Å². The van der Waals surface area contributed by atoms with Crippen molar-refractivity contribution in [3.05, 3.63) is 166 Å². The molecule has 0 fully saturated rings. The van der Waals surface area contributed by atoms with Gasteiger partial charge in [0, 0.05) is 28.3 Å². The molecule has 9 aromatic rings. The van der Waals surface area contributed by atoms with E-state index in [1.54, 1.807) is 0 Å². The molecule has 0 aliphatic rings. The number of nitrogens with zero attached hydrogens (tertiary/aromatic N) is 3. The largest absolute Gasteiger partial charge is 0.507 e. The summed E-state index contributed by atoms with van der Waals surface area (Å²) >= 11 is 0. The van der Waals surface area contributed by atoms with Gasteiger partial charge in [0.1, 0.15) is 11.6 Å². The smallest absolute Gasteiger partial charge is 0.149 e. The Morgan fingerprint density at radius 1 is 0.523 bits per heavy atom. The predicted molar refractivity (Wildman–Crippen MR) is 277 cm³/mol. The number of hydrogen-bond donors (Lipinski definition) is 1. The summed E-state index contributed by atoms with van der Waals surface area (Å²) in [6.45, 7) is 31.1. The lowest BCUT2D eigenvalue weighted by Gasteiger charge is -2.28. The van der Waals surface area contributed by atoms with Crippen LogP contribution < -0.4 is 0 Å². The van der Waals surface area contributed by atoms with Crippen molar-refractivity contribution < 1.29 is 5.11 Å². The maximum Gasteiger partial charge on any atom is 0.149 e. The van der Waals surface area contributed by atoms with Gasteiger partial charge in [0.25, 0.3) is 0 Å². The van der Waals surface area contributed by atoms with Crippen molar-refractivity contribution in [1.82, 2.24) is 14.5 Å². The van der Waals surface area contributed by atoms with Gasteiger partial charge < -0.3 is 5.11 Å². The standard InChI is InChI=1S/C61H63N3O/c1-35-28-36(2)54(37(3)29-35)42-26-27-62-51(31-42)41-20-22-45-38(4)39(5)46-23-25-53-56(55(46)48(45)30-41)63-58(49-33-44(60(9,10)11)34-50(57(49)65)61(12,13)14)64(53)52-24-21-43(59(6,7)8)32-47(52)40-18-16-15-17-19-40/h15-34,65H,1-14H3. The highest BCUT2D eigenvalue weighted by molar-refractivity contribution is 6.21. The SMILES string of the molecule is Cc1cc(C)c(-c2ccnc(-c3ccc4c(C)c(C)c5ccc6c(nc(-c7cc(C(C)(C)C)cc(C(C)(C)C)c7O)n6-c6ccc(C(C)(C)C)cc6-c6ccccc6)c5c4c3)c2)c(C)c1. The molecule has 2 aromatic heterocycles. The van der Waals surface area contributed by atoms with E-state index >= 15 is 0 Å². The third-order valence-corrected chi connectivity index (χ3v) is 13.7. The fraction of sp³-hybridized carbons (Fsp3) is 0.279.